The van der Waals surface area contributed by atoms with Gasteiger partial charge in [-0.05, 0) is 44.4 Å². The summed E-state index contributed by atoms with van der Waals surface area (Å²) in [5.74, 6) is -0.255. The van der Waals surface area contributed by atoms with Gasteiger partial charge in [0.05, 0.1) is 5.54 Å². The van der Waals surface area contributed by atoms with E-state index < -0.39 is 5.54 Å². The molecule has 1 aliphatic carbocycles. The molecule has 1 fully saturated rings. The second kappa shape index (κ2) is 6.71. The molecule has 0 bridgehead atoms. The van der Waals surface area contributed by atoms with Crippen molar-refractivity contribution in [3.05, 3.63) is 0 Å². The molecule has 0 heterocycles. The Kier molecular flexibility index (Phi) is 5.81. The molecule has 1 amide bonds. The van der Waals surface area contributed by atoms with Crippen molar-refractivity contribution in [1.82, 2.24) is 5.32 Å². The van der Waals surface area contributed by atoms with Crippen LogP contribution in [0.2, 0.25) is 0 Å². The molecule has 3 N–H and O–H groups in total. The monoisotopic (exact) mass is 270 g/mol. The standard InChI is InChI=1S/C15H30N2O2/c1-14(2,3)9-11-19-10-5-8-15(4,13(16)18)17-12-6-7-12/h12,17H,5-11H2,1-4H3,(H2,16,18). The molecular formula is C15H30N2O2. The second-order valence-corrected chi connectivity index (χ2v) is 7.14. The topological polar surface area (TPSA) is 64.3 Å². The van der Waals surface area contributed by atoms with Crippen molar-refractivity contribution < 1.29 is 9.53 Å². The second-order valence-electron chi connectivity index (χ2n) is 7.14. The first-order chi connectivity index (χ1) is 8.73. The van der Waals surface area contributed by atoms with E-state index in [0.29, 0.717) is 18.1 Å². The first-order valence-corrected chi connectivity index (χ1v) is 7.38. The molecule has 1 atom stereocenters. The summed E-state index contributed by atoms with van der Waals surface area (Å²) in [6.07, 6.45) is 4.98. The molecule has 1 unspecified atom stereocenters. The van der Waals surface area contributed by atoms with E-state index in [0.717, 1.165) is 38.7 Å². The van der Waals surface area contributed by atoms with Gasteiger partial charge in [-0.1, -0.05) is 20.8 Å². The Morgan fingerprint density at radius 2 is 1.84 bits per heavy atom. The van der Waals surface area contributed by atoms with Crippen molar-refractivity contribution in [3.63, 3.8) is 0 Å². The summed E-state index contributed by atoms with van der Waals surface area (Å²) in [6, 6.07) is 0.485. The van der Waals surface area contributed by atoms with Crippen molar-refractivity contribution in [2.45, 2.75) is 71.4 Å². The van der Waals surface area contributed by atoms with Gasteiger partial charge in [0, 0.05) is 19.3 Å². The molecule has 0 aromatic heterocycles. The van der Waals surface area contributed by atoms with Crippen LogP contribution < -0.4 is 11.1 Å². The molecule has 0 saturated heterocycles. The number of primary amides is 1. The predicted octanol–water partition coefficient (Wildman–Crippen LogP) is 2.22. The summed E-state index contributed by atoms with van der Waals surface area (Å²) in [5.41, 5.74) is 5.24. The fourth-order valence-electron chi connectivity index (χ4n) is 1.95. The SMILES string of the molecule is CC(C)(C)CCOCCCC(C)(NC1CC1)C(N)=O. The summed E-state index contributed by atoms with van der Waals surface area (Å²) in [5, 5.41) is 3.35. The van der Waals surface area contributed by atoms with E-state index in [4.69, 9.17) is 10.5 Å². The van der Waals surface area contributed by atoms with Crippen molar-refractivity contribution in [1.29, 1.82) is 0 Å². The van der Waals surface area contributed by atoms with Crippen molar-refractivity contribution in [3.8, 4) is 0 Å². The Morgan fingerprint density at radius 1 is 1.21 bits per heavy atom. The maximum absolute atomic E-state index is 11.6. The number of carbonyl (C=O) groups excluding carboxylic acids is 1. The zero-order valence-corrected chi connectivity index (χ0v) is 12.9. The molecule has 112 valence electrons. The third-order valence-electron chi connectivity index (χ3n) is 3.61. The van der Waals surface area contributed by atoms with Gasteiger partial charge in [-0.15, -0.1) is 0 Å². The van der Waals surface area contributed by atoms with Gasteiger partial charge in [-0.3, -0.25) is 4.79 Å². The van der Waals surface area contributed by atoms with Crippen LogP contribution in [0.1, 0.15) is 59.8 Å². The van der Waals surface area contributed by atoms with Crippen molar-refractivity contribution >= 4 is 5.91 Å². The lowest BCUT2D eigenvalue weighted by atomic mass is 9.93. The average molecular weight is 270 g/mol. The Hall–Kier alpha value is -0.610. The number of hydrogen-bond acceptors (Lipinski definition) is 3. The van der Waals surface area contributed by atoms with E-state index in [2.05, 4.69) is 26.1 Å². The van der Waals surface area contributed by atoms with Crippen molar-refractivity contribution in [2.24, 2.45) is 11.1 Å². The lowest BCUT2D eigenvalue weighted by molar-refractivity contribution is -0.124. The van der Waals surface area contributed by atoms with Gasteiger partial charge >= 0.3 is 0 Å². The molecular weight excluding hydrogens is 240 g/mol. The maximum atomic E-state index is 11.6. The maximum Gasteiger partial charge on any atom is 0.237 e. The molecule has 0 spiro atoms. The molecule has 19 heavy (non-hydrogen) atoms. The highest BCUT2D eigenvalue weighted by atomic mass is 16.5. The summed E-state index contributed by atoms with van der Waals surface area (Å²) in [6.45, 7) is 10.0. The minimum absolute atomic E-state index is 0.255. The molecule has 0 aromatic rings. The normalized spacial score (nSPS) is 19.2. The number of rotatable bonds is 9. The van der Waals surface area contributed by atoms with Crippen LogP contribution in [0.25, 0.3) is 0 Å². The minimum Gasteiger partial charge on any atom is -0.381 e. The third kappa shape index (κ3) is 6.92. The number of nitrogens with one attached hydrogen (secondary N) is 1. The van der Waals surface area contributed by atoms with E-state index in [1.54, 1.807) is 0 Å². The number of amides is 1. The highest BCUT2D eigenvalue weighted by Gasteiger charge is 2.36. The number of nitrogens with two attached hydrogens (primary N) is 1. The van der Waals surface area contributed by atoms with E-state index in [1.165, 1.54) is 0 Å². The van der Waals surface area contributed by atoms with Gasteiger partial charge in [0.1, 0.15) is 0 Å². The molecule has 0 radical (unpaired) electrons. The van der Waals surface area contributed by atoms with Crippen LogP contribution in [-0.2, 0) is 9.53 Å². The highest BCUT2D eigenvalue weighted by Crippen LogP contribution is 2.24. The van der Waals surface area contributed by atoms with Gasteiger partial charge in [0.2, 0.25) is 5.91 Å². The van der Waals surface area contributed by atoms with Gasteiger partial charge in [0.15, 0.2) is 0 Å². The van der Waals surface area contributed by atoms with Crippen LogP contribution in [0.15, 0.2) is 0 Å². The van der Waals surface area contributed by atoms with E-state index in [9.17, 15) is 4.79 Å². The van der Waals surface area contributed by atoms with Gasteiger partial charge in [-0.2, -0.15) is 0 Å². The fraction of sp³-hybridized carbons (Fsp3) is 0.933. The van der Waals surface area contributed by atoms with Crippen LogP contribution in [0.4, 0.5) is 0 Å². The van der Waals surface area contributed by atoms with Gasteiger partial charge in [-0.25, -0.2) is 0 Å². The van der Waals surface area contributed by atoms with Crippen LogP contribution in [0.3, 0.4) is 0 Å². The Bertz CT molecular complexity index is 295. The van der Waals surface area contributed by atoms with E-state index in [-0.39, 0.29) is 5.91 Å². The molecule has 0 aromatic carbocycles. The molecule has 1 rings (SSSR count). The van der Waals surface area contributed by atoms with E-state index >= 15 is 0 Å². The van der Waals surface area contributed by atoms with Gasteiger partial charge in [0.25, 0.3) is 0 Å². The quantitative estimate of drug-likeness (QED) is 0.631. The summed E-state index contributed by atoms with van der Waals surface area (Å²) in [4.78, 5) is 11.6. The first-order valence-electron chi connectivity index (χ1n) is 7.38. The van der Waals surface area contributed by atoms with Crippen LogP contribution in [0, 0.1) is 5.41 Å². The Morgan fingerprint density at radius 3 is 2.32 bits per heavy atom. The average Bonchev–Trinajstić information content (AvgIpc) is 3.05. The first kappa shape index (κ1) is 16.4. The molecule has 4 heteroatoms. The zero-order chi connectivity index (χ0) is 14.5. The number of hydrogen-bond donors (Lipinski definition) is 2. The van der Waals surface area contributed by atoms with Gasteiger partial charge < -0.3 is 15.8 Å². The van der Waals surface area contributed by atoms with Crippen molar-refractivity contribution in [2.75, 3.05) is 13.2 Å². The Labute approximate surface area is 117 Å². The largest absolute Gasteiger partial charge is 0.381 e. The molecule has 1 aliphatic rings. The zero-order valence-electron chi connectivity index (χ0n) is 12.9. The number of ether oxygens (including phenoxy) is 1. The third-order valence-corrected chi connectivity index (χ3v) is 3.61. The minimum atomic E-state index is -0.575. The summed E-state index contributed by atoms with van der Waals surface area (Å²) in [7, 11) is 0. The summed E-state index contributed by atoms with van der Waals surface area (Å²) >= 11 is 0. The van der Waals surface area contributed by atoms with Crippen LogP contribution >= 0.6 is 0 Å². The van der Waals surface area contributed by atoms with Crippen LogP contribution in [-0.4, -0.2) is 30.7 Å². The lowest BCUT2D eigenvalue weighted by Crippen LogP contribution is -2.54. The lowest BCUT2D eigenvalue weighted by Gasteiger charge is -2.27. The van der Waals surface area contributed by atoms with Crippen LogP contribution in [0.5, 0.6) is 0 Å². The van der Waals surface area contributed by atoms with E-state index in [1.807, 2.05) is 6.92 Å². The number of carbonyl (C=O) groups is 1. The fourth-order valence-corrected chi connectivity index (χ4v) is 1.95. The molecule has 0 aliphatic heterocycles. The summed E-state index contributed by atoms with van der Waals surface area (Å²) < 4.78 is 5.63. The highest BCUT2D eigenvalue weighted by molar-refractivity contribution is 5.84. The Balaban J connectivity index is 2.16. The molecule has 4 nitrogen and oxygen atoms in total. The smallest absolute Gasteiger partial charge is 0.237 e. The molecule has 1 saturated carbocycles. The predicted molar refractivity (Wildman–Crippen MR) is 77.9 cm³/mol.